The minimum Gasteiger partial charge on any atom is -0.424 e. The number of nitrogens with zero attached hydrogens (tertiary/aromatic N) is 4. The summed E-state index contributed by atoms with van der Waals surface area (Å²) in [6.07, 6.45) is -1.22. The van der Waals surface area contributed by atoms with Gasteiger partial charge in [-0.2, -0.15) is 13.2 Å². The van der Waals surface area contributed by atoms with Crippen LogP contribution in [-0.4, -0.2) is 43.9 Å². The summed E-state index contributed by atoms with van der Waals surface area (Å²) < 4.78 is 56.9. The first-order chi connectivity index (χ1) is 16.8. The van der Waals surface area contributed by atoms with Crippen LogP contribution in [0.5, 0.6) is 5.95 Å². The van der Waals surface area contributed by atoms with Crippen molar-refractivity contribution in [3.05, 3.63) is 72.2 Å². The van der Waals surface area contributed by atoms with Crippen molar-refractivity contribution >= 4 is 11.0 Å². The molecule has 0 bridgehead atoms. The Labute approximate surface area is 196 Å². The van der Waals surface area contributed by atoms with Gasteiger partial charge in [0.05, 0.1) is 11.7 Å². The van der Waals surface area contributed by atoms with Crippen molar-refractivity contribution in [1.82, 2.24) is 25.3 Å². The van der Waals surface area contributed by atoms with Gasteiger partial charge in [0.15, 0.2) is 0 Å². The zero-order valence-corrected chi connectivity index (χ0v) is 18.0. The number of hydrogen-bond donors (Lipinski definition) is 2. The molecule has 4 heterocycles. The van der Waals surface area contributed by atoms with Crippen molar-refractivity contribution in [2.75, 3.05) is 6.54 Å². The van der Waals surface area contributed by atoms with Crippen molar-refractivity contribution in [2.24, 2.45) is 0 Å². The first-order valence-electron chi connectivity index (χ1n) is 10.7. The van der Waals surface area contributed by atoms with Crippen molar-refractivity contribution in [2.45, 2.75) is 31.4 Å². The second-order valence-electron chi connectivity index (χ2n) is 8.00. The second-order valence-corrected chi connectivity index (χ2v) is 8.00. The Morgan fingerprint density at radius 3 is 2.66 bits per heavy atom. The Hall–Kier alpha value is -3.61. The number of benzene rings is 1. The Kier molecular flexibility index (Phi) is 6.09. The topological polar surface area (TPSA) is 96.5 Å². The molecule has 0 saturated carbocycles. The van der Waals surface area contributed by atoms with E-state index in [9.17, 15) is 22.7 Å². The van der Waals surface area contributed by atoms with E-state index in [1.807, 2.05) is 0 Å². The van der Waals surface area contributed by atoms with E-state index in [0.717, 1.165) is 18.0 Å². The van der Waals surface area contributed by atoms with E-state index in [1.54, 1.807) is 23.3 Å². The van der Waals surface area contributed by atoms with Gasteiger partial charge in [0.25, 0.3) is 0 Å². The molecule has 0 radical (unpaired) electrons. The van der Waals surface area contributed by atoms with Crippen LogP contribution >= 0.6 is 0 Å². The predicted octanol–water partition coefficient (Wildman–Crippen LogP) is 3.92. The maximum Gasteiger partial charge on any atom is 0.451 e. The number of aliphatic hydroxyl groups excluding tert-OH is 1. The first kappa shape index (κ1) is 23.1. The van der Waals surface area contributed by atoms with Crippen molar-refractivity contribution in [3.8, 4) is 17.2 Å². The Balaban J connectivity index is 1.19. The van der Waals surface area contributed by atoms with Crippen LogP contribution in [-0.2, 0) is 12.7 Å². The number of alkyl halides is 3. The third kappa shape index (κ3) is 5.09. The van der Waals surface area contributed by atoms with Crippen molar-refractivity contribution in [1.29, 1.82) is 0 Å². The van der Waals surface area contributed by atoms with Crippen molar-refractivity contribution < 1.29 is 31.9 Å². The fraction of sp³-hybridized carbons (Fsp3) is 0.261. The largest absolute Gasteiger partial charge is 0.451 e. The number of rotatable bonds is 7. The molecule has 2 atom stereocenters. The van der Waals surface area contributed by atoms with Gasteiger partial charge >= 0.3 is 12.1 Å². The number of furan rings is 1. The highest BCUT2D eigenvalue weighted by molar-refractivity contribution is 5.78. The normalized spacial score (nSPS) is 17.3. The fourth-order valence-electron chi connectivity index (χ4n) is 3.67. The molecule has 4 aromatic rings. The van der Waals surface area contributed by atoms with Crippen LogP contribution in [0.1, 0.15) is 17.8 Å². The highest BCUT2D eigenvalue weighted by Crippen LogP contribution is 2.30. The Morgan fingerprint density at radius 1 is 1.14 bits per heavy atom. The van der Waals surface area contributed by atoms with Crippen LogP contribution in [0, 0.1) is 5.82 Å². The van der Waals surface area contributed by atoms with E-state index < -0.39 is 18.2 Å². The Morgan fingerprint density at radius 2 is 1.94 bits per heavy atom. The smallest absolute Gasteiger partial charge is 0.424 e. The van der Waals surface area contributed by atoms with Crippen LogP contribution in [0.4, 0.5) is 17.6 Å². The van der Waals surface area contributed by atoms with Gasteiger partial charge in [-0.1, -0.05) is 0 Å². The monoisotopic (exact) mass is 489 g/mol. The van der Waals surface area contributed by atoms with Crippen LogP contribution in [0.25, 0.3) is 22.2 Å². The summed E-state index contributed by atoms with van der Waals surface area (Å²) in [6.45, 7) is 0.842. The number of nitrogens with one attached hydrogen (secondary N) is 1. The summed E-state index contributed by atoms with van der Waals surface area (Å²) in [7, 11) is 0. The lowest BCUT2D eigenvalue weighted by Crippen LogP contribution is -2.59. The molecule has 0 amide bonds. The van der Waals surface area contributed by atoms with Gasteiger partial charge in [-0.3, -0.25) is 10.3 Å². The molecule has 3 aromatic heterocycles. The third-order valence-corrected chi connectivity index (χ3v) is 5.58. The summed E-state index contributed by atoms with van der Waals surface area (Å²) in [5.41, 5.74) is 1.98. The lowest BCUT2D eigenvalue weighted by atomic mass is 10.0. The summed E-state index contributed by atoms with van der Waals surface area (Å²) in [5, 5.41) is 15.7. The number of halogens is 4. The van der Waals surface area contributed by atoms with Gasteiger partial charge in [-0.25, -0.2) is 14.4 Å². The van der Waals surface area contributed by atoms with Gasteiger partial charge in [-0.05, 0) is 42.3 Å². The molecule has 5 rings (SSSR count). The van der Waals surface area contributed by atoms with E-state index in [-0.39, 0.29) is 24.4 Å². The molecule has 8 nitrogen and oxygen atoms in total. The average Bonchev–Trinajstić information content (AvgIpc) is 3.22. The number of hydroxylamine groups is 2. The molecule has 1 aliphatic rings. The standard InChI is InChI=1S/C23H19F4N5O3/c24-16-1-2-19-14(8-16)9-20(34-19)35-32-6-4-18(32)21(33)29-10-13-3-5-28-17(7-13)15-11-30-22(31-12-15)23(25,26)27/h1-3,5,7-9,11-12,18,21,29,33H,4,6,10H2. The van der Waals surface area contributed by atoms with Crippen molar-refractivity contribution in [3.63, 3.8) is 0 Å². The number of aliphatic hydroxyl groups is 1. The van der Waals surface area contributed by atoms with E-state index in [2.05, 4.69) is 20.3 Å². The van der Waals surface area contributed by atoms with Gasteiger partial charge in [0.2, 0.25) is 5.82 Å². The summed E-state index contributed by atoms with van der Waals surface area (Å²) in [4.78, 5) is 16.6. The van der Waals surface area contributed by atoms with Gasteiger partial charge < -0.3 is 14.4 Å². The van der Waals surface area contributed by atoms with Crippen LogP contribution in [0.3, 0.4) is 0 Å². The van der Waals surface area contributed by atoms with Gasteiger partial charge in [0.1, 0.15) is 17.6 Å². The number of fused-ring (bicyclic) bond motifs is 1. The molecule has 1 aliphatic heterocycles. The lowest BCUT2D eigenvalue weighted by molar-refractivity contribution is -0.198. The molecule has 182 valence electrons. The van der Waals surface area contributed by atoms with E-state index in [0.29, 0.717) is 35.2 Å². The molecular weight excluding hydrogens is 470 g/mol. The van der Waals surface area contributed by atoms with E-state index in [4.69, 9.17) is 9.25 Å². The number of hydrogen-bond acceptors (Lipinski definition) is 8. The minimum atomic E-state index is -4.62. The van der Waals surface area contributed by atoms with Crippen LogP contribution in [0.2, 0.25) is 0 Å². The highest BCUT2D eigenvalue weighted by atomic mass is 19.4. The second kappa shape index (κ2) is 9.21. The molecule has 12 heteroatoms. The van der Waals surface area contributed by atoms with Gasteiger partial charge in [0, 0.05) is 48.7 Å². The van der Waals surface area contributed by atoms with E-state index in [1.165, 1.54) is 24.4 Å². The molecule has 2 unspecified atom stereocenters. The zero-order valence-electron chi connectivity index (χ0n) is 18.0. The average molecular weight is 489 g/mol. The lowest BCUT2D eigenvalue weighted by Gasteiger charge is -2.41. The van der Waals surface area contributed by atoms with Crippen LogP contribution < -0.4 is 10.2 Å². The van der Waals surface area contributed by atoms with Crippen LogP contribution in [0.15, 0.2) is 59.4 Å². The zero-order chi connectivity index (χ0) is 24.6. The number of aromatic nitrogens is 3. The third-order valence-electron chi connectivity index (χ3n) is 5.58. The number of pyridine rings is 1. The predicted molar refractivity (Wildman–Crippen MR) is 115 cm³/mol. The highest BCUT2D eigenvalue weighted by Gasteiger charge is 2.37. The molecule has 1 aromatic carbocycles. The Bertz CT molecular complexity index is 1330. The molecule has 0 spiro atoms. The molecule has 0 aliphatic carbocycles. The SMILES string of the molecule is OC(NCc1ccnc(-c2cnc(C(F)(F)F)nc2)c1)C1CCN1Oc1cc2cc(F)ccc2o1. The minimum absolute atomic E-state index is 0.194. The maximum absolute atomic E-state index is 13.4. The van der Waals surface area contributed by atoms with E-state index >= 15 is 0 Å². The van der Waals surface area contributed by atoms with Gasteiger partial charge in [-0.15, -0.1) is 5.06 Å². The quantitative estimate of drug-likeness (QED) is 0.298. The first-order valence-corrected chi connectivity index (χ1v) is 10.7. The molecule has 1 fully saturated rings. The maximum atomic E-state index is 13.4. The summed E-state index contributed by atoms with van der Waals surface area (Å²) in [5.74, 6) is -1.40. The molecule has 35 heavy (non-hydrogen) atoms. The molecular formula is C23H19F4N5O3. The fourth-order valence-corrected chi connectivity index (χ4v) is 3.67. The summed E-state index contributed by atoms with van der Waals surface area (Å²) >= 11 is 0. The summed E-state index contributed by atoms with van der Waals surface area (Å²) in [6, 6.07) is 8.79. The molecule has 2 N–H and O–H groups in total. The molecule has 1 saturated heterocycles.